The van der Waals surface area contributed by atoms with Crippen molar-refractivity contribution < 1.29 is 28.6 Å². The highest BCUT2D eigenvalue weighted by Crippen LogP contribution is 2.13. The third-order valence-electron chi connectivity index (χ3n) is 12.5. The molecule has 0 saturated carbocycles. The van der Waals surface area contributed by atoms with Crippen LogP contribution < -0.4 is 0 Å². The Hall–Kier alpha value is -5.23. The Kier molecular flexibility index (Phi) is 60.0. The summed E-state index contributed by atoms with van der Waals surface area (Å²) in [5, 5.41) is 0. The van der Waals surface area contributed by atoms with Gasteiger partial charge in [-0.25, -0.2) is 0 Å². The fourth-order valence-corrected chi connectivity index (χ4v) is 7.87. The largest absolute Gasteiger partial charge is 0.462 e. The zero-order valence-corrected chi connectivity index (χ0v) is 49.9. The lowest BCUT2D eigenvalue weighted by Gasteiger charge is -2.18. The smallest absolute Gasteiger partial charge is 0.306 e. The van der Waals surface area contributed by atoms with Gasteiger partial charge in [0.15, 0.2) is 6.10 Å². The number of carbonyl (C=O) groups excluding carboxylic acids is 3. The summed E-state index contributed by atoms with van der Waals surface area (Å²) in [6.45, 7) is 6.30. The van der Waals surface area contributed by atoms with Gasteiger partial charge in [0.05, 0.1) is 0 Å². The van der Waals surface area contributed by atoms with Crippen LogP contribution in [-0.4, -0.2) is 37.2 Å². The molecular formula is C72H112O6. The number of esters is 3. The molecule has 0 amide bonds. The Morgan fingerprint density at radius 3 is 0.782 bits per heavy atom. The molecule has 0 aromatic carbocycles. The van der Waals surface area contributed by atoms with Crippen LogP contribution in [0.15, 0.2) is 170 Å². The van der Waals surface area contributed by atoms with Crippen LogP contribution in [0.3, 0.4) is 0 Å². The second-order valence-corrected chi connectivity index (χ2v) is 19.9. The fraction of sp³-hybridized carbons (Fsp3) is 0.569. The minimum Gasteiger partial charge on any atom is -0.462 e. The van der Waals surface area contributed by atoms with E-state index in [1.54, 1.807) is 0 Å². The molecule has 1 unspecified atom stereocenters. The molecule has 0 rings (SSSR count). The highest BCUT2D eigenvalue weighted by atomic mass is 16.6. The normalized spacial score (nSPS) is 13.3. The van der Waals surface area contributed by atoms with E-state index in [1.807, 2.05) is 0 Å². The first-order valence-electron chi connectivity index (χ1n) is 31.1. The van der Waals surface area contributed by atoms with Gasteiger partial charge in [0.2, 0.25) is 0 Å². The molecule has 0 spiro atoms. The number of hydrogen-bond donors (Lipinski definition) is 0. The van der Waals surface area contributed by atoms with Crippen LogP contribution in [0.25, 0.3) is 0 Å². The molecule has 0 aromatic rings. The molecule has 6 nitrogen and oxygen atoms in total. The summed E-state index contributed by atoms with van der Waals surface area (Å²) in [7, 11) is 0. The maximum Gasteiger partial charge on any atom is 0.306 e. The van der Waals surface area contributed by atoms with Crippen LogP contribution in [0, 0.1) is 0 Å². The van der Waals surface area contributed by atoms with Crippen LogP contribution in [0.1, 0.15) is 245 Å². The van der Waals surface area contributed by atoms with E-state index < -0.39 is 6.10 Å². The summed E-state index contributed by atoms with van der Waals surface area (Å²) in [6.07, 6.45) is 95.3. The number of rotatable bonds is 54. The number of carbonyl (C=O) groups is 3. The molecule has 1 atom stereocenters. The third-order valence-corrected chi connectivity index (χ3v) is 12.5. The summed E-state index contributed by atoms with van der Waals surface area (Å²) < 4.78 is 16.8. The minimum atomic E-state index is -0.804. The van der Waals surface area contributed by atoms with Gasteiger partial charge in [-0.2, -0.15) is 0 Å². The molecule has 436 valence electrons. The molecule has 0 aromatic heterocycles. The zero-order chi connectivity index (χ0) is 56.4. The van der Waals surface area contributed by atoms with Crippen LogP contribution in [0.4, 0.5) is 0 Å². The van der Waals surface area contributed by atoms with Crippen molar-refractivity contribution in [2.45, 2.75) is 252 Å². The topological polar surface area (TPSA) is 78.9 Å². The molecule has 0 aliphatic rings. The van der Waals surface area contributed by atoms with Crippen molar-refractivity contribution in [2.24, 2.45) is 0 Å². The number of ether oxygens (including phenoxy) is 3. The summed E-state index contributed by atoms with van der Waals surface area (Å²) in [5.41, 5.74) is 0. The van der Waals surface area contributed by atoms with Crippen LogP contribution in [0.2, 0.25) is 0 Å². The first-order valence-corrected chi connectivity index (χ1v) is 31.1. The van der Waals surface area contributed by atoms with E-state index in [-0.39, 0.29) is 37.5 Å². The zero-order valence-electron chi connectivity index (χ0n) is 49.9. The standard InChI is InChI=1S/C72H112O6/c1-4-7-10-13-16-18-20-22-24-26-28-30-32-33-34-35-36-37-38-39-41-42-44-46-48-50-52-54-56-59-62-65-71(74)77-68-69(67-76-70(73)64-61-58-15-12-9-6-3)78-72(75)66-63-60-57-55-53-51-49-47-45-43-40-31-29-27-25-23-21-19-17-14-11-8-5-2/h7-8,10-11,16-19,22-25,28-31,33-34,36-37,39,41,43-46,49,51,69H,4-6,9,12-15,20-21,26-27,32,35,38,40,42,47-48,50,52-68H2,1-3H3/b10-7-,11-8-,18-16-,19-17-,24-22-,25-23-,30-28-,31-29-,34-33-,37-36-,41-39-,45-43-,46-44-,51-49-. The lowest BCUT2D eigenvalue weighted by Crippen LogP contribution is -2.30. The van der Waals surface area contributed by atoms with Gasteiger partial charge in [-0.3, -0.25) is 14.4 Å². The molecular weight excluding hydrogens is 961 g/mol. The van der Waals surface area contributed by atoms with Crippen molar-refractivity contribution in [3.05, 3.63) is 170 Å². The van der Waals surface area contributed by atoms with Crippen LogP contribution in [0.5, 0.6) is 0 Å². The van der Waals surface area contributed by atoms with Gasteiger partial charge in [-0.05, 0) is 135 Å². The molecule has 0 saturated heterocycles. The van der Waals surface area contributed by atoms with E-state index in [2.05, 4.69) is 191 Å². The predicted octanol–water partition coefficient (Wildman–Crippen LogP) is 21.5. The van der Waals surface area contributed by atoms with Gasteiger partial charge in [0.1, 0.15) is 13.2 Å². The number of hydrogen-bond acceptors (Lipinski definition) is 6. The molecule has 0 radical (unpaired) electrons. The van der Waals surface area contributed by atoms with Crippen molar-refractivity contribution in [1.82, 2.24) is 0 Å². The van der Waals surface area contributed by atoms with Gasteiger partial charge < -0.3 is 14.2 Å². The molecule has 0 fully saturated rings. The van der Waals surface area contributed by atoms with Crippen molar-refractivity contribution in [3.63, 3.8) is 0 Å². The van der Waals surface area contributed by atoms with Crippen molar-refractivity contribution in [3.8, 4) is 0 Å². The number of unbranched alkanes of at least 4 members (excludes halogenated alkanes) is 15. The Morgan fingerprint density at radius 2 is 0.500 bits per heavy atom. The Balaban J connectivity index is 4.24. The van der Waals surface area contributed by atoms with E-state index in [4.69, 9.17) is 14.2 Å². The first kappa shape index (κ1) is 72.8. The average Bonchev–Trinajstić information content (AvgIpc) is 3.44. The highest BCUT2D eigenvalue weighted by Gasteiger charge is 2.19. The second kappa shape index (κ2) is 64.3. The quantitative estimate of drug-likeness (QED) is 0.0261. The SMILES string of the molecule is CC/C=C\C/C=C\C/C=C\C/C=C\C/C=C\C/C=C\C/C=C\C/C=C\CCCCCCCCC(=O)OCC(COC(=O)CCCCCCCC)OC(=O)CCCCCC/C=C\C/C=C\C/C=C\C/C=C\C/C=C\C/C=C\CC. The maximum absolute atomic E-state index is 12.8. The van der Waals surface area contributed by atoms with Crippen LogP contribution in [-0.2, 0) is 28.6 Å². The van der Waals surface area contributed by atoms with E-state index in [0.29, 0.717) is 12.8 Å². The van der Waals surface area contributed by atoms with E-state index in [1.165, 1.54) is 32.1 Å². The molecule has 6 heteroatoms. The van der Waals surface area contributed by atoms with Crippen molar-refractivity contribution in [1.29, 1.82) is 0 Å². The molecule has 0 aliphatic heterocycles. The number of allylic oxidation sites excluding steroid dienone is 28. The minimum absolute atomic E-state index is 0.101. The molecule has 0 aliphatic carbocycles. The van der Waals surface area contributed by atoms with Gasteiger partial charge in [0.25, 0.3) is 0 Å². The first-order chi connectivity index (χ1) is 38.5. The molecule has 78 heavy (non-hydrogen) atoms. The van der Waals surface area contributed by atoms with Gasteiger partial charge in [0, 0.05) is 19.3 Å². The van der Waals surface area contributed by atoms with Crippen LogP contribution >= 0.6 is 0 Å². The second-order valence-electron chi connectivity index (χ2n) is 19.9. The predicted molar refractivity (Wildman–Crippen MR) is 338 cm³/mol. The lowest BCUT2D eigenvalue weighted by atomic mass is 10.1. The summed E-state index contributed by atoms with van der Waals surface area (Å²) in [5.74, 6) is -0.959. The Labute approximate surface area is 479 Å². The monoisotopic (exact) mass is 1070 g/mol. The van der Waals surface area contributed by atoms with Gasteiger partial charge >= 0.3 is 17.9 Å². The summed E-state index contributed by atoms with van der Waals surface area (Å²) >= 11 is 0. The fourth-order valence-electron chi connectivity index (χ4n) is 7.87. The summed E-state index contributed by atoms with van der Waals surface area (Å²) in [6, 6.07) is 0. The molecule has 0 bridgehead atoms. The summed E-state index contributed by atoms with van der Waals surface area (Å²) in [4.78, 5) is 38.0. The van der Waals surface area contributed by atoms with Gasteiger partial charge in [-0.1, -0.05) is 262 Å². The van der Waals surface area contributed by atoms with E-state index in [9.17, 15) is 14.4 Å². The van der Waals surface area contributed by atoms with E-state index in [0.717, 1.165) is 173 Å². The average molecular weight is 1070 g/mol. The Bertz CT molecular complexity index is 1810. The Morgan fingerprint density at radius 1 is 0.269 bits per heavy atom. The lowest BCUT2D eigenvalue weighted by molar-refractivity contribution is -0.167. The third kappa shape index (κ3) is 61.6. The van der Waals surface area contributed by atoms with Gasteiger partial charge in [-0.15, -0.1) is 0 Å². The van der Waals surface area contributed by atoms with Crippen molar-refractivity contribution >= 4 is 17.9 Å². The van der Waals surface area contributed by atoms with Crippen molar-refractivity contribution in [2.75, 3.05) is 13.2 Å². The van der Waals surface area contributed by atoms with E-state index >= 15 is 0 Å². The molecule has 0 N–H and O–H groups in total. The highest BCUT2D eigenvalue weighted by molar-refractivity contribution is 5.71. The maximum atomic E-state index is 12.8. The molecule has 0 heterocycles.